The standard InChI is InChI=1S/C18H32N4O.HI/c1-5-19-18(20-10-7-11-22(3)12-13-23-4)21-15-17-9-6-8-16(2)14-17;/h6,8-9,14H,5,7,10-13,15H2,1-4H3,(H2,19,20,21);1H. The van der Waals surface area contributed by atoms with Gasteiger partial charge in [0.15, 0.2) is 5.96 Å². The maximum atomic E-state index is 5.08. The van der Waals surface area contributed by atoms with E-state index < -0.39 is 0 Å². The molecule has 5 nitrogen and oxygen atoms in total. The fourth-order valence-electron chi connectivity index (χ4n) is 2.24. The van der Waals surface area contributed by atoms with Gasteiger partial charge in [-0.2, -0.15) is 0 Å². The van der Waals surface area contributed by atoms with Crippen molar-refractivity contribution >= 4 is 29.9 Å². The summed E-state index contributed by atoms with van der Waals surface area (Å²) in [5, 5.41) is 6.69. The molecule has 0 aliphatic heterocycles. The van der Waals surface area contributed by atoms with E-state index in [-0.39, 0.29) is 24.0 Å². The average Bonchev–Trinajstić information content (AvgIpc) is 2.54. The Morgan fingerprint density at radius 2 is 2.04 bits per heavy atom. The molecule has 138 valence electrons. The molecule has 0 saturated carbocycles. The molecule has 0 aliphatic rings. The number of benzene rings is 1. The average molecular weight is 448 g/mol. The normalized spacial score (nSPS) is 11.3. The lowest BCUT2D eigenvalue weighted by Crippen LogP contribution is -2.38. The van der Waals surface area contributed by atoms with Crippen LogP contribution in [0.4, 0.5) is 0 Å². The van der Waals surface area contributed by atoms with E-state index in [9.17, 15) is 0 Å². The van der Waals surface area contributed by atoms with E-state index in [0.29, 0.717) is 6.54 Å². The van der Waals surface area contributed by atoms with Gasteiger partial charge in [-0.3, -0.25) is 0 Å². The van der Waals surface area contributed by atoms with E-state index in [4.69, 9.17) is 4.74 Å². The van der Waals surface area contributed by atoms with Crippen molar-refractivity contribution in [2.24, 2.45) is 4.99 Å². The van der Waals surface area contributed by atoms with Crippen LogP contribution < -0.4 is 10.6 Å². The quantitative estimate of drug-likeness (QED) is 0.250. The van der Waals surface area contributed by atoms with Gasteiger partial charge in [-0.15, -0.1) is 24.0 Å². The van der Waals surface area contributed by atoms with Gasteiger partial charge in [0.25, 0.3) is 0 Å². The van der Waals surface area contributed by atoms with Crippen LogP contribution in [-0.2, 0) is 11.3 Å². The molecule has 0 radical (unpaired) electrons. The molecule has 0 aliphatic carbocycles. The first-order chi connectivity index (χ1) is 11.2. The van der Waals surface area contributed by atoms with Crippen LogP contribution in [0, 0.1) is 6.92 Å². The molecule has 1 aromatic carbocycles. The summed E-state index contributed by atoms with van der Waals surface area (Å²) in [6.45, 7) is 9.48. The minimum Gasteiger partial charge on any atom is -0.383 e. The van der Waals surface area contributed by atoms with Gasteiger partial charge in [-0.05, 0) is 39.4 Å². The Balaban J connectivity index is 0.00000529. The van der Waals surface area contributed by atoms with E-state index in [1.807, 2.05) is 0 Å². The van der Waals surface area contributed by atoms with Gasteiger partial charge >= 0.3 is 0 Å². The Hall–Kier alpha value is -0.860. The van der Waals surface area contributed by atoms with E-state index in [1.54, 1.807) is 7.11 Å². The van der Waals surface area contributed by atoms with Gasteiger partial charge in [0, 0.05) is 26.7 Å². The summed E-state index contributed by atoms with van der Waals surface area (Å²) in [7, 11) is 3.86. The Morgan fingerprint density at radius 3 is 2.71 bits per heavy atom. The minimum atomic E-state index is 0. The van der Waals surface area contributed by atoms with Gasteiger partial charge < -0.3 is 20.3 Å². The summed E-state index contributed by atoms with van der Waals surface area (Å²) in [5.74, 6) is 0.883. The SMILES string of the molecule is CCNC(=NCc1cccc(C)c1)NCCCN(C)CCOC.I. The third-order valence-electron chi connectivity index (χ3n) is 3.53. The van der Waals surface area contributed by atoms with Gasteiger partial charge in [0.1, 0.15) is 0 Å². The van der Waals surface area contributed by atoms with Crippen LogP contribution in [0.15, 0.2) is 29.3 Å². The maximum Gasteiger partial charge on any atom is 0.191 e. The highest BCUT2D eigenvalue weighted by molar-refractivity contribution is 14.0. The predicted octanol–water partition coefficient (Wildman–Crippen LogP) is 2.64. The van der Waals surface area contributed by atoms with Crippen LogP contribution in [0.5, 0.6) is 0 Å². The summed E-state index contributed by atoms with van der Waals surface area (Å²) in [6.07, 6.45) is 1.08. The summed E-state index contributed by atoms with van der Waals surface area (Å²) < 4.78 is 5.08. The molecular formula is C18H33IN4O. The summed E-state index contributed by atoms with van der Waals surface area (Å²) in [5.41, 5.74) is 2.51. The van der Waals surface area contributed by atoms with Crippen LogP contribution in [-0.4, -0.2) is 57.8 Å². The van der Waals surface area contributed by atoms with E-state index in [0.717, 1.165) is 45.2 Å². The molecule has 0 saturated heterocycles. The Labute approximate surface area is 164 Å². The number of aryl methyl sites for hydroxylation is 1. The number of halogens is 1. The van der Waals surface area contributed by atoms with Crippen molar-refractivity contribution in [1.82, 2.24) is 15.5 Å². The van der Waals surface area contributed by atoms with Gasteiger partial charge in [-0.25, -0.2) is 4.99 Å². The number of nitrogens with one attached hydrogen (secondary N) is 2. The van der Waals surface area contributed by atoms with E-state index in [1.165, 1.54) is 11.1 Å². The first kappa shape index (κ1) is 23.1. The van der Waals surface area contributed by atoms with Crippen molar-refractivity contribution in [3.63, 3.8) is 0 Å². The van der Waals surface area contributed by atoms with Crippen LogP contribution in [0.1, 0.15) is 24.5 Å². The minimum absolute atomic E-state index is 0. The van der Waals surface area contributed by atoms with Crippen molar-refractivity contribution in [1.29, 1.82) is 0 Å². The van der Waals surface area contributed by atoms with Crippen molar-refractivity contribution in [2.45, 2.75) is 26.8 Å². The third-order valence-corrected chi connectivity index (χ3v) is 3.53. The lowest BCUT2D eigenvalue weighted by Gasteiger charge is -2.17. The number of nitrogens with zero attached hydrogens (tertiary/aromatic N) is 2. The van der Waals surface area contributed by atoms with Crippen molar-refractivity contribution in [2.75, 3.05) is 46.9 Å². The fourth-order valence-corrected chi connectivity index (χ4v) is 2.24. The first-order valence-corrected chi connectivity index (χ1v) is 8.41. The van der Waals surface area contributed by atoms with Gasteiger partial charge in [0.05, 0.1) is 13.2 Å². The number of hydrogen-bond acceptors (Lipinski definition) is 3. The molecule has 0 fully saturated rings. The Kier molecular flexibility index (Phi) is 14.0. The summed E-state index contributed by atoms with van der Waals surface area (Å²) in [4.78, 5) is 6.93. The molecule has 0 bridgehead atoms. The van der Waals surface area contributed by atoms with E-state index in [2.05, 4.69) is 65.7 Å². The fraction of sp³-hybridized carbons (Fsp3) is 0.611. The van der Waals surface area contributed by atoms with Gasteiger partial charge in [-0.1, -0.05) is 29.8 Å². The zero-order valence-electron chi connectivity index (χ0n) is 15.5. The summed E-state index contributed by atoms with van der Waals surface area (Å²) in [6, 6.07) is 8.48. The van der Waals surface area contributed by atoms with E-state index >= 15 is 0 Å². The smallest absolute Gasteiger partial charge is 0.191 e. The molecule has 1 rings (SSSR count). The monoisotopic (exact) mass is 448 g/mol. The zero-order valence-corrected chi connectivity index (χ0v) is 17.8. The number of hydrogen-bond donors (Lipinski definition) is 2. The summed E-state index contributed by atoms with van der Waals surface area (Å²) >= 11 is 0. The molecule has 0 aromatic heterocycles. The maximum absolute atomic E-state index is 5.08. The molecule has 0 unspecified atom stereocenters. The zero-order chi connectivity index (χ0) is 16.9. The van der Waals surface area contributed by atoms with Crippen molar-refractivity contribution in [3.8, 4) is 0 Å². The Morgan fingerprint density at radius 1 is 1.25 bits per heavy atom. The third kappa shape index (κ3) is 10.8. The van der Waals surface area contributed by atoms with Crippen LogP contribution in [0.3, 0.4) is 0 Å². The van der Waals surface area contributed by atoms with Crippen LogP contribution in [0.2, 0.25) is 0 Å². The largest absolute Gasteiger partial charge is 0.383 e. The molecule has 6 heteroatoms. The number of ether oxygens (including phenoxy) is 1. The highest BCUT2D eigenvalue weighted by Gasteiger charge is 2.00. The number of guanidine groups is 1. The highest BCUT2D eigenvalue weighted by atomic mass is 127. The highest BCUT2D eigenvalue weighted by Crippen LogP contribution is 2.04. The first-order valence-electron chi connectivity index (χ1n) is 8.41. The number of aliphatic imine (C=N–C) groups is 1. The molecule has 0 amide bonds. The molecule has 0 spiro atoms. The molecule has 1 aromatic rings. The predicted molar refractivity (Wildman–Crippen MR) is 113 cm³/mol. The Bertz CT molecular complexity index is 468. The number of likely N-dealkylation sites (N-methyl/N-ethyl adjacent to an activating group) is 1. The lowest BCUT2D eigenvalue weighted by molar-refractivity contribution is 0.161. The number of rotatable bonds is 10. The molecule has 0 heterocycles. The van der Waals surface area contributed by atoms with Gasteiger partial charge in [0.2, 0.25) is 0 Å². The molecule has 24 heavy (non-hydrogen) atoms. The van der Waals surface area contributed by atoms with Crippen LogP contribution >= 0.6 is 24.0 Å². The topological polar surface area (TPSA) is 48.9 Å². The second-order valence-corrected chi connectivity index (χ2v) is 5.76. The second kappa shape index (κ2) is 14.5. The second-order valence-electron chi connectivity index (χ2n) is 5.76. The van der Waals surface area contributed by atoms with Crippen molar-refractivity contribution < 1.29 is 4.74 Å². The van der Waals surface area contributed by atoms with Crippen molar-refractivity contribution in [3.05, 3.63) is 35.4 Å². The molecular weight excluding hydrogens is 415 g/mol. The molecule has 2 N–H and O–H groups in total. The van der Waals surface area contributed by atoms with Crippen LogP contribution in [0.25, 0.3) is 0 Å². The number of methoxy groups -OCH3 is 1. The lowest BCUT2D eigenvalue weighted by atomic mass is 10.1. The molecule has 0 atom stereocenters.